The SMILES string of the molecule is CCc1nc(C2(N)CCC(C)c3ccccc32)sc1C. The van der Waals surface area contributed by atoms with Crippen molar-refractivity contribution < 1.29 is 0 Å². The highest BCUT2D eigenvalue weighted by atomic mass is 32.1. The highest BCUT2D eigenvalue weighted by molar-refractivity contribution is 7.11. The maximum atomic E-state index is 6.84. The summed E-state index contributed by atoms with van der Waals surface area (Å²) in [4.78, 5) is 6.15. The summed E-state index contributed by atoms with van der Waals surface area (Å²) in [6.45, 7) is 6.61. The van der Waals surface area contributed by atoms with Gasteiger partial charge in [0.15, 0.2) is 0 Å². The normalized spacial score (nSPS) is 25.5. The Hall–Kier alpha value is -1.19. The van der Waals surface area contributed by atoms with E-state index >= 15 is 0 Å². The van der Waals surface area contributed by atoms with Crippen LogP contribution in [0.1, 0.15) is 59.3 Å². The Morgan fingerprint density at radius 3 is 2.85 bits per heavy atom. The van der Waals surface area contributed by atoms with Gasteiger partial charge in [0.05, 0.1) is 11.2 Å². The predicted molar refractivity (Wildman–Crippen MR) is 85.3 cm³/mol. The number of fused-ring (bicyclic) bond motifs is 1. The molecule has 0 amide bonds. The van der Waals surface area contributed by atoms with Crippen LogP contribution in [0.3, 0.4) is 0 Å². The topological polar surface area (TPSA) is 38.9 Å². The Kier molecular flexibility index (Phi) is 3.43. The Labute approximate surface area is 125 Å². The van der Waals surface area contributed by atoms with Gasteiger partial charge in [-0.1, -0.05) is 38.1 Å². The molecule has 3 rings (SSSR count). The third-order valence-corrected chi connectivity index (χ3v) is 5.74. The van der Waals surface area contributed by atoms with E-state index in [2.05, 4.69) is 45.0 Å². The number of nitrogens with zero attached hydrogens (tertiary/aromatic N) is 1. The lowest BCUT2D eigenvalue weighted by Gasteiger charge is -2.37. The van der Waals surface area contributed by atoms with Gasteiger partial charge in [-0.15, -0.1) is 11.3 Å². The summed E-state index contributed by atoms with van der Waals surface area (Å²) >= 11 is 1.77. The van der Waals surface area contributed by atoms with E-state index in [1.54, 1.807) is 11.3 Å². The lowest BCUT2D eigenvalue weighted by Crippen LogP contribution is -2.41. The Balaban J connectivity index is 2.14. The lowest BCUT2D eigenvalue weighted by atomic mass is 9.73. The molecule has 0 saturated heterocycles. The maximum absolute atomic E-state index is 6.84. The van der Waals surface area contributed by atoms with Crippen LogP contribution in [-0.2, 0) is 12.0 Å². The van der Waals surface area contributed by atoms with Crippen molar-refractivity contribution in [2.24, 2.45) is 5.73 Å². The number of nitrogens with two attached hydrogens (primary N) is 1. The van der Waals surface area contributed by atoms with Gasteiger partial charge in [-0.05, 0) is 43.2 Å². The first-order valence-electron chi connectivity index (χ1n) is 7.41. The predicted octanol–water partition coefficient (Wildman–Crippen LogP) is 4.11. The van der Waals surface area contributed by atoms with E-state index in [0.29, 0.717) is 5.92 Å². The molecule has 2 atom stereocenters. The van der Waals surface area contributed by atoms with Crippen molar-refractivity contribution in [2.75, 3.05) is 0 Å². The first-order valence-corrected chi connectivity index (χ1v) is 8.23. The largest absolute Gasteiger partial charge is 0.316 e. The molecule has 20 heavy (non-hydrogen) atoms. The van der Waals surface area contributed by atoms with Gasteiger partial charge < -0.3 is 5.73 Å². The number of benzene rings is 1. The minimum atomic E-state index is -0.397. The standard InChI is InChI=1S/C17H22N2S/c1-4-15-12(3)20-16(19-15)17(18)10-9-11(2)13-7-5-6-8-14(13)17/h5-8,11H,4,9-10,18H2,1-3H3. The van der Waals surface area contributed by atoms with Gasteiger partial charge in [0.2, 0.25) is 0 Å². The second kappa shape index (κ2) is 4.97. The molecule has 3 heteroatoms. The van der Waals surface area contributed by atoms with Gasteiger partial charge >= 0.3 is 0 Å². The molecule has 1 heterocycles. The van der Waals surface area contributed by atoms with Crippen molar-refractivity contribution in [1.29, 1.82) is 0 Å². The molecule has 1 aliphatic rings. The van der Waals surface area contributed by atoms with Crippen LogP contribution in [0.15, 0.2) is 24.3 Å². The van der Waals surface area contributed by atoms with E-state index in [-0.39, 0.29) is 0 Å². The number of aromatic nitrogens is 1. The molecule has 106 valence electrons. The van der Waals surface area contributed by atoms with Gasteiger partial charge in [-0.3, -0.25) is 0 Å². The van der Waals surface area contributed by atoms with Crippen molar-refractivity contribution in [2.45, 2.75) is 51.5 Å². The molecule has 0 fully saturated rings. The number of hydrogen-bond donors (Lipinski definition) is 1. The Bertz CT molecular complexity index is 632. The van der Waals surface area contributed by atoms with E-state index < -0.39 is 5.54 Å². The van der Waals surface area contributed by atoms with Gasteiger partial charge in [-0.2, -0.15) is 0 Å². The number of aryl methyl sites for hydroxylation is 2. The Morgan fingerprint density at radius 1 is 1.40 bits per heavy atom. The van der Waals surface area contributed by atoms with E-state index in [4.69, 9.17) is 10.7 Å². The van der Waals surface area contributed by atoms with Crippen LogP contribution in [0.4, 0.5) is 0 Å². The molecule has 0 radical (unpaired) electrons. The Morgan fingerprint density at radius 2 is 2.15 bits per heavy atom. The van der Waals surface area contributed by atoms with E-state index in [9.17, 15) is 0 Å². The monoisotopic (exact) mass is 286 g/mol. The molecular weight excluding hydrogens is 264 g/mol. The van der Waals surface area contributed by atoms with Crippen LogP contribution in [0.2, 0.25) is 0 Å². The molecular formula is C17H22N2S. The van der Waals surface area contributed by atoms with Crippen LogP contribution >= 0.6 is 11.3 Å². The third kappa shape index (κ3) is 2.00. The van der Waals surface area contributed by atoms with Crippen LogP contribution in [0.25, 0.3) is 0 Å². The number of thiazole rings is 1. The zero-order valence-electron chi connectivity index (χ0n) is 12.4. The molecule has 0 spiro atoms. The quantitative estimate of drug-likeness (QED) is 0.902. The third-order valence-electron chi connectivity index (χ3n) is 4.55. The summed E-state index contributed by atoms with van der Waals surface area (Å²) in [6, 6.07) is 8.63. The van der Waals surface area contributed by atoms with E-state index in [1.165, 1.54) is 21.7 Å². The van der Waals surface area contributed by atoms with Crippen molar-refractivity contribution in [3.05, 3.63) is 51.0 Å². The summed E-state index contributed by atoms with van der Waals surface area (Å²) in [5.74, 6) is 0.592. The van der Waals surface area contributed by atoms with Gasteiger partial charge in [0.1, 0.15) is 5.01 Å². The summed E-state index contributed by atoms with van der Waals surface area (Å²) in [7, 11) is 0. The highest BCUT2D eigenvalue weighted by Crippen LogP contribution is 2.44. The van der Waals surface area contributed by atoms with Crippen molar-refractivity contribution >= 4 is 11.3 Å². The maximum Gasteiger partial charge on any atom is 0.118 e. The van der Waals surface area contributed by atoms with Crippen molar-refractivity contribution in [1.82, 2.24) is 4.98 Å². The minimum absolute atomic E-state index is 0.397. The zero-order chi connectivity index (χ0) is 14.3. The smallest absolute Gasteiger partial charge is 0.118 e. The summed E-state index contributed by atoms with van der Waals surface area (Å²) in [5, 5.41) is 1.09. The molecule has 2 nitrogen and oxygen atoms in total. The average molecular weight is 286 g/mol. The first kappa shape index (κ1) is 13.8. The summed E-state index contributed by atoms with van der Waals surface area (Å²) < 4.78 is 0. The fraction of sp³-hybridized carbons (Fsp3) is 0.471. The van der Waals surface area contributed by atoms with E-state index in [1.807, 2.05) is 0 Å². The first-order chi connectivity index (χ1) is 9.56. The fourth-order valence-electron chi connectivity index (χ4n) is 3.24. The lowest BCUT2D eigenvalue weighted by molar-refractivity contribution is 0.410. The van der Waals surface area contributed by atoms with Crippen LogP contribution in [0, 0.1) is 6.92 Å². The van der Waals surface area contributed by atoms with Crippen molar-refractivity contribution in [3.8, 4) is 0 Å². The van der Waals surface area contributed by atoms with Gasteiger partial charge in [0.25, 0.3) is 0 Å². The minimum Gasteiger partial charge on any atom is -0.316 e. The molecule has 0 aliphatic heterocycles. The molecule has 0 bridgehead atoms. The number of rotatable bonds is 2. The van der Waals surface area contributed by atoms with Crippen LogP contribution in [-0.4, -0.2) is 4.98 Å². The zero-order valence-corrected chi connectivity index (χ0v) is 13.3. The average Bonchev–Trinajstić information content (AvgIpc) is 2.85. The van der Waals surface area contributed by atoms with Crippen molar-refractivity contribution in [3.63, 3.8) is 0 Å². The highest BCUT2D eigenvalue weighted by Gasteiger charge is 2.39. The van der Waals surface area contributed by atoms with Gasteiger partial charge in [0, 0.05) is 4.88 Å². The summed E-state index contributed by atoms with van der Waals surface area (Å²) in [6.07, 6.45) is 3.10. The molecule has 2 aromatic rings. The second-order valence-electron chi connectivity index (χ2n) is 5.87. The molecule has 2 unspecified atom stereocenters. The summed E-state index contributed by atoms with van der Waals surface area (Å²) in [5.41, 5.74) is 10.3. The second-order valence-corrected chi connectivity index (χ2v) is 7.08. The molecule has 1 aromatic carbocycles. The molecule has 1 aliphatic carbocycles. The van der Waals surface area contributed by atoms with E-state index in [0.717, 1.165) is 24.3 Å². The fourth-order valence-corrected chi connectivity index (χ4v) is 4.38. The van der Waals surface area contributed by atoms with Gasteiger partial charge in [-0.25, -0.2) is 4.98 Å². The number of hydrogen-bond acceptors (Lipinski definition) is 3. The molecule has 1 aromatic heterocycles. The van der Waals surface area contributed by atoms with Crippen LogP contribution < -0.4 is 5.73 Å². The van der Waals surface area contributed by atoms with Crippen LogP contribution in [0.5, 0.6) is 0 Å². The molecule has 0 saturated carbocycles. The molecule has 2 N–H and O–H groups in total.